The summed E-state index contributed by atoms with van der Waals surface area (Å²) in [6.45, 7) is 2.02. The first kappa shape index (κ1) is 6.85. The number of aromatic nitrogens is 2. The quantitative estimate of drug-likeness (QED) is 0.630. The van der Waals surface area contributed by atoms with Gasteiger partial charge in [-0.1, -0.05) is 0 Å². The normalized spacial score (nSPS) is 21.3. The lowest BCUT2D eigenvalue weighted by Crippen LogP contribution is -2.43. The lowest BCUT2D eigenvalue weighted by Gasteiger charge is -2.37. The molecular weight excluding hydrogens is 138 g/mol. The van der Waals surface area contributed by atoms with E-state index in [1.54, 1.807) is 0 Å². The zero-order chi connectivity index (χ0) is 7.90. The van der Waals surface area contributed by atoms with E-state index in [1.807, 2.05) is 13.1 Å². The molecule has 3 nitrogen and oxygen atoms in total. The fourth-order valence-corrected chi connectivity index (χ4v) is 1.68. The highest BCUT2D eigenvalue weighted by molar-refractivity contribution is 5.26. The van der Waals surface area contributed by atoms with Gasteiger partial charge in [-0.3, -0.25) is 5.10 Å². The minimum Gasteiger partial charge on any atom is -0.321 e. The Morgan fingerprint density at radius 3 is 2.73 bits per heavy atom. The average Bonchev–Trinajstić information content (AvgIpc) is 2.30. The maximum Gasteiger partial charge on any atom is 0.0540 e. The minimum absolute atomic E-state index is 0.0584. The largest absolute Gasteiger partial charge is 0.321 e. The van der Waals surface area contributed by atoms with E-state index in [4.69, 9.17) is 5.73 Å². The molecule has 0 spiro atoms. The van der Waals surface area contributed by atoms with Crippen molar-refractivity contribution in [3.63, 3.8) is 0 Å². The van der Waals surface area contributed by atoms with Crippen LogP contribution in [-0.2, 0) is 5.54 Å². The van der Waals surface area contributed by atoms with E-state index in [1.165, 1.54) is 12.0 Å². The summed E-state index contributed by atoms with van der Waals surface area (Å²) in [4.78, 5) is 0. The third-order valence-electron chi connectivity index (χ3n) is 2.61. The molecule has 0 atom stereocenters. The number of hydrogen-bond donors (Lipinski definition) is 2. The van der Waals surface area contributed by atoms with Crippen LogP contribution in [0.5, 0.6) is 0 Å². The lowest BCUT2D eigenvalue weighted by molar-refractivity contribution is 0.252. The van der Waals surface area contributed by atoms with Gasteiger partial charge in [-0.25, -0.2) is 0 Å². The van der Waals surface area contributed by atoms with Crippen LogP contribution >= 0.6 is 0 Å². The Bertz CT molecular complexity index is 260. The van der Waals surface area contributed by atoms with Crippen LogP contribution in [-0.4, -0.2) is 10.2 Å². The van der Waals surface area contributed by atoms with Crippen LogP contribution in [0.4, 0.5) is 0 Å². The van der Waals surface area contributed by atoms with E-state index in [-0.39, 0.29) is 5.54 Å². The average molecular weight is 151 g/mol. The van der Waals surface area contributed by atoms with Gasteiger partial charge in [0.25, 0.3) is 0 Å². The Morgan fingerprint density at radius 2 is 2.36 bits per heavy atom. The predicted molar refractivity (Wildman–Crippen MR) is 43.0 cm³/mol. The van der Waals surface area contributed by atoms with Crippen molar-refractivity contribution in [3.8, 4) is 0 Å². The Balaban J connectivity index is 2.35. The Morgan fingerprint density at radius 1 is 1.64 bits per heavy atom. The van der Waals surface area contributed by atoms with Crippen LogP contribution in [0.2, 0.25) is 0 Å². The van der Waals surface area contributed by atoms with Gasteiger partial charge in [0, 0.05) is 16.8 Å². The second kappa shape index (κ2) is 2.08. The molecule has 0 saturated heterocycles. The summed E-state index contributed by atoms with van der Waals surface area (Å²) in [5.41, 5.74) is 8.37. The molecule has 3 heteroatoms. The number of nitrogens with one attached hydrogen (secondary N) is 1. The number of aromatic amines is 1. The minimum atomic E-state index is -0.0584. The van der Waals surface area contributed by atoms with Crippen LogP contribution in [0, 0.1) is 6.92 Å². The molecule has 1 fully saturated rings. The fourth-order valence-electron chi connectivity index (χ4n) is 1.68. The number of hydrogen-bond acceptors (Lipinski definition) is 2. The molecule has 1 aliphatic carbocycles. The first-order valence-electron chi connectivity index (χ1n) is 4.02. The van der Waals surface area contributed by atoms with Crippen molar-refractivity contribution < 1.29 is 0 Å². The standard InChI is InChI=1S/C8H13N3/c1-6-7(5-10-11-6)8(9)3-2-4-8/h5H,2-4,9H2,1H3,(H,10,11). The molecule has 0 radical (unpaired) electrons. The maximum absolute atomic E-state index is 6.11. The highest BCUT2D eigenvalue weighted by atomic mass is 15.1. The smallest absolute Gasteiger partial charge is 0.0540 e. The van der Waals surface area contributed by atoms with Gasteiger partial charge in [-0.15, -0.1) is 0 Å². The molecule has 3 N–H and O–H groups in total. The summed E-state index contributed by atoms with van der Waals surface area (Å²) < 4.78 is 0. The molecule has 0 aliphatic heterocycles. The van der Waals surface area contributed by atoms with Gasteiger partial charge in [-0.2, -0.15) is 5.10 Å². The van der Waals surface area contributed by atoms with Crippen molar-refractivity contribution in [3.05, 3.63) is 17.5 Å². The van der Waals surface area contributed by atoms with E-state index in [0.717, 1.165) is 18.5 Å². The van der Waals surface area contributed by atoms with Crippen LogP contribution in [0.3, 0.4) is 0 Å². The third kappa shape index (κ3) is 0.878. The predicted octanol–water partition coefficient (Wildman–Crippen LogP) is 1.06. The number of nitrogens with zero attached hydrogens (tertiary/aromatic N) is 1. The van der Waals surface area contributed by atoms with Crippen LogP contribution in [0.25, 0.3) is 0 Å². The molecule has 1 heterocycles. The van der Waals surface area contributed by atoms with E-state index >= 15 is 0 Å². The molecule has 1 aromatic rings. The van der Waals surface area contributed by atoms with Crippen LogP contribution in [0.15, 0.2) is 6.20 Å². The molecular formula is C8H13N3. The molecule has 1 aliphatic rings. The Kier molecular flexibility index (Phi) is 1.29. The number of H-pyrrole nitrogens is 1. The van der Waals surface area contributed by atoms with Crippen molar-refractivity contribution >= 4 is 0 Å². The van der Waals surface area contributed by atoms with E-state index in [9.17, 15) is 0 Å². The number of nitrogens with two attached hydrogens (primary N) is 1. The van der Waals surface area contributed by atoms with Gasteiger partial charge >= 0.3 is 0 Å². The van der Waals surface area contributed by atoms with Crippen LogP contribution < -0.4 is 5.73 Å². The first-order chi connectivity index (χ1) is 5.22. The van der Waals surface area contributed by atoms with Gasteiger partial charge < -0.3 is 5.73 Å². The zero-order valence-corrected chi connectivity index (χ0v) is 6.72. The van der Waals surface area contributed by atoms with Crippen molar-refractivity contribution in [2.24, 2.45) is 5.73 Å². The molecule has 0 bridgehead atoms. The topological polar surface area (TPSA) is 54.7 Å². The second-order valence-electron chi connectivity index (χ2n) is 3.42. The summed E-state index contributed by atoms with van der Waals surface area (Å²) >= 11 is 0. The van der Waals surface area contributed by atoms with Crippen molar-refractivity contribution in [2.75, 3.05) is 0 Å². The monoisotopic (exact) mass is 151 g/mol. The summed E-state index contributed by atoms with van der Waals surface area (Å²) in [5, 5.41) is 6.88. The van der Waals surface area contributed by atoms with Gasteiger partial charge in [-0.05, 0) is 26.2 Å². The molecule has 1 aromatic heterocycles. The van der Waals surface area contributed by atoms with Crippen molar-refractivity contribution in [2.45, 2.75) is 31.7 Å². The summed E-state index contributed by atoms with van der Waals surface area (Å²) in [5.74, 6) is 0. The SMILES string of the molecule is Cc1[nH]ncc1C1(N)CCC1. The number of rotatable bonds is 1. The second-order valence-corrected chi connectivity index (χ2v) is 3.42. The van der Waals surface area contributed by atoms with Gasteiger partial charge in [0.2, 0.25) is 0 Å². The van der Waals surface area contributed by atoms with E-state index in [2.05, 4.69) is 10.2 Å². The summed E-state index contributed by atoms with van der Waals surface area (Å²) in [6, 6.07) is 0. The Hall–Kier alpha value is -0.830. The highest BCUT2D eigenvalue weighted by Gasteiger charge is 2.36. The summed E-state index contributed by atoms with van der Waals surface area (Å²) in [7, 11) is 0. The fraction of sp³-hybridized carbons (Fsp3) is 0.625. The first-order valence-corrected chi connectivity index (χ1v) is 4.02. The van der Waals surface area contributed by atoms with Gasteiger partial charge in [0.15, 0.2) is 0 Å². The van der Waals surface area contributed by atoms with E-state index < -0.39 is 0 Å². The molecule has 0 unspecified atom stereocenters. The molecule has 0 amide bonds. The van der Waals surface area contributed by atoms with Gasteiger partial charge in [0.1, 0.15) is 0 Å². The highest BCUT2D eigenvalue weighted by Crippen LogP contribution is 2.39. The Labute approximate surface area is 66.0 Å². The summed E-state index contributed by atoms with van der Waals surface area (Å²) in [6.07, 6.45) is 5.32. The van der Waals surface area contributed by atoms with E-state index in [0.29, 0.717) is 0 Å². The molecule has 2 rings (SSSR count). The molecule has 1 saturated carbocycles. The lowest BCUT2D eigenvalue weighted by atomic mass is 9.73. The van der Waals surface area contributed by atoms with Crippen molar-refractivity contribution in [1.82, 2.24) is 10.2 Å². The maximum atomic E-state index is 6.11. The number of aryl methyl sites for hydroxylation is 1. The molecule has 0 aromatic carbocycles. The molecule has 11 heavy (non-hydrogen) atoms. The molecule has 60 valence electrons. The van der Waals surface area contributed by atoms with Crippen molar-refractivity contribution in [1.29, 1.82) is 0 Å². The zero-order valence-electron chi connectivity index (χ0n) is 6.72. The third-order valence-corrected chi connectivity index (χ3v) is 2.61. The van der Waals surface area contributed by atoms with Crippen LogP contribution in [0.1, 0.15) is 30.5 Å². The van der Waals surface area contributed by atoms with Gasteiger partial charge in [0.05, 0.1) is 6.20 Å².